The van der Waals surface area contributed by atoms with Gasteiger partial charge in [0, 0.05) is 130 Å². The first-order valence-electron chi connectivity index (χ1n) is 27.9. The summed E-state index contributed by atoms with van der Waals surface area (Å²) in [6.45, 7) is 4.90. The smallest absolute Gasteiger partial charge is 0.255 e. The van der Waals surface area contributed by atoms with Crippen LogP contribution in [0.15, 0.2) is 72.8 Å². The van der Waals surface area contributed by atoms with Crippen LogP contribution < -0.4 is 58.2 Å². The van der Waals surface area contributed by atoms with Crippen molar-refractivity contribution >= 4 is 47.6 Å². The van der Waals surface area contributed by atoms with E-state index in [1.54, 1.807) is 24.3 Å². The van der Waals surface area contributed by atoms with E-state index < -0.39 is 58.9 Å². The highest BCUT2D eigenvalue weighted by Crippen LogP contribution is 2.27. The maximum atomic E-state index is 14.3. The number of aldehydes is 1. The van der Waals surface area contributed by atoms with Crippen LogP contribution in [0.5, 0.6) is 23.0 Å². The fourth-order valence-corrected chi connectivity index (χ4v) is 9.89. The number of aromatic hydroxyl groups is 2. The number of nitrogens with two attached hydrogens (primary N) is 2. The van der Waals surface area contributed by atoms with Crippen molar-refractivity contribution in [2.75, 3.05) is 145 Å². The molecule has 0 aromatic heterocycles. The Morgan fingerprint density at radius 2 is 1.00 bits per heavy atom. The van der Waals surface area contributed by atoms with Gasteiger partial charge in [-0.1, -0.05) is 30.7 Å². The second kappa shape index (κ2) is 33.0. The number of para-hydroxylation sites is 4. The number of phenols is 2. The monoisotopic (exact) mass is 1150 g/mol. The Morgan fingerprint density at radius 1 is 0.554 bits per heavy atom. The Balaban J connectivity index is 1.39. The van der Waals surface area contributed by atoms with Crippen LogP contribution in [0.25, 0.3) is 0 Å². The lowest BCUT2D eigenvalue weighted by Crippen LogP contribution is -2.49. The van der Waals surface area contributed by atoms with E-state index in [1.165, 1.54) is 62.8 Å². The molecule has 3 aliphatic rings. The number of ether oxygens (including phenoxy) is 2. The number of amides is 7. The van der Waals surface area contributed by atoms with Gasteiger partial charge < -0.3 is 68.4 Å². The lowest BCUT2D eigenvalue weighted by Gasteiger charge is -2.31. The van der Waals surface area contributed by atoms with Crippen LogP contribution in [0.2, 0.25) is 0 Å². The van der Waals surface area contributed by atoms with Crippen molar-refractivity contribution in [2.24, 2.45) is 11.5 Å². The largest absolute Gasteiger partial charge is 0.506 e. The molecule has 83 heavy (non-hydrogen) atoms. The van der Waals surface area contributed by atoms with Gasteiger partial charge in [0.25, 0.3) is 41.4 Å². The van der Waals surface area contributed by atoms with E-state index >= 15 is 0 Å². The molecule has 0 aliphatic carbocycles. The molecule has 0 saturated carbocycles. The summed E-state index contributed by atoms with van der Waals surface area (Å²) in [5.41, 5.74) is 12.1. The number of hydrogen-bond acceptors (Lipinski definition) is 18. The minimum absolute atomic E-state index is 0.0291. The molecular formula is C58H79N13O12. The minimum Gasteiger partial charge on any atom is -0.506 e. The van der Waals surface area contributed by atoms with Crippen molar-refractivity contribution in [3.63, 3.8) is 0 Å². The average Bonchev–Trinajstić information content (AvgIpc) is 3.53. The summed E-state index contributed by atoms with van der Waals surface area (Å²) in [6.07, 6.45) is 2.28. The molecule has 13 N–H and O–H groups in total. The number of phenolic OH excluding ortho intramolecular Hbond substituents is 2. The van der Waals surface area contributed by atoms with Gasteiger partial charge in [0.1, 0.15) is 23.0 Å². The summed E-state index contributed by atoms with van der Waals surface area (Å²) in [5, 5.41) is 43.4. The van der Waals surface area contributed by atoms with Crippen LogP contribution in [0.1, 0.15) is 102 Å². The Labute approximate surface area is 483 Å². The van der Waals surface area contributed by atoms with Crippen LogP contribution in [0.3, 0.4) is 0 Å². The Bertz CT molecular complexity index is 2890. The third kappa shape index (κ3) is 18.4. The van der Waals surface area contributed by atoms with Crippen molar-refractivity contribution in [1.29, 1.82) is 0 Å². The summed E-state index contributed by atoms with van der Waals surface area (Å²) >= 11 is 0. The lowest BCUT2D eigenvalue weighted by molar-refractivity contribution is 0.0898. The molecule has 0 radical (unpaired) electrons. The van der Waals surface area contributed by atoms with Gasteiger partial charge in [0.15, 0.2) is 6.29 Å². The third-order valence-corrected chi connectivity index (χ3v) is 14.4. The van der Waals surface area contributed by atoms with E-state index in [2.05, 4.69) is 37.2 Å². The van der Waals surface area contributed by atoms with Gasteiger partial charge in [-0.2, -0.15) is 0 Å². The maximum Gasteiger partial charge on any atom is 0.255 e. The molecule has 3 unspecified atom stereocenters. The maximum absolute atomic E-state index is 14.3. The Kier molecular flexibility index (Phi) is 25.5. The molecule has 7 amide bonds. The molecule has 3 heterocycles. The molecule has 4 aromatic rings. The molecule has 25 heteroatoms. The van der Waals surface area contributed by atoms with Crippen molar-refractivity contribution in [2.45, 2.75) is 25.3 Å². The zero-order valence-electron chi connectivity index (χ0n) is 47.3. The van der Waals surface area contributed by atoms with Crippen LogP contribution in [0, 0.1) is 0 Å². The van der Waals surface area contributed by atoms with Gasteiger partial charge >= 0.3 is 0 Å². The highest BCUT2D eigenvalue weighted by molar-refractivity contribution is 6.06. The quantitative estimate of drug-likeness (QED) is 0.0611. The molecular weight excluding hydrogens is 1070 g/mol. The Morgan fingerprint density at radius 3 is 1.49 bits per heavy atom. The van der Waals surface area contributed by atoms with Gasteiger partial charge in [0.05, 0.1) is 58.7 Å². The van der Waals surface area contributed by atoms with Gasteiger partial charge in [-0.3, -0.25) is 58.0 Å². The first kappa shape index (κ1) is 64.0. The zero-order chi connectivity index (χ0) is 59.7. The summed E-state index contributed by atoms with van der Waals surface area (Å²) < 4.78 is 11.1. The number of rotatable bonds is 13. The van der Waals surface area contributed by atoms with Crippen molar-refractivity contribution in [3.05, 3.63) is 117 Å². The SMILES string of the molecule is COc1c(C=O)cccc1C(=O)NCCN1CCNC(=O)c2cccc(c2OC)C(=O)NCCN(CCN)CCN2CCNC(=O)c3cccc(c3O)C(=O)NCCN(CC1)CC(CCCCN)NC(=O)c1cccc(c1O)C(=O)NCC2. The summed E-state index contributed by atoms with van der Waals surface area (Å²) in [6, 6.07) is 17.4. The van der Waals surface area contributed by atoms with Crippen LogP contribution in [0.4, 0.5) is 0 Å². The van der Waals surface area contributed by atoms with Crippen LogP contribution >= 0.6 is 0 Å². The number of methoxy groups -OCH3 is 2. The number of nitrogens with one attached hydrogen (secondary N) is 7. The highest BCUT2D eigenvalue weighted by atomic mass is 16.5. The van der Waals surface area contributed by atoms with E-state index in [0.29, 0.717) is 71.4 Å². The van der Waals surface area contributed by atoms with Gasteiger partial charge in [-0.15, -0.1) is 0 Å². The molecule has 0 spiro atoms. The minimum atomic E-state index is -0.644. The topological polar surface area (TPSA) is 345 Å². The first-order chi connectivity index (χ1) is 40.2. The van der Waals surface area contributed by atoms with Gasteiger partial charge in [0.2, 0.25) is 0 Å². The molecule has 7 rings (SSSR count). The second-order valence-corrected chi connectivity index (χ2v) is 19.9. The fraction of sp³-hybridized carbons (Fsp3) is 0.448. The predicted octanol–water partition coefficient (Wildman–Crippen LogP) is -0.172. The molecule has 4 aromatic carbocycles. The van der Waals surface area contributed by atoms with Crippen molar-refractivity contribution in [1.82, 2.24) is 56.8 Å². The van der Waals surface area contributed by atoms with E-state index in [4.69, 9.17) is 20.9 Å². The van der Waals surface area contributed by atoms with E-state index in [-0.39, 0.29) is 141 Å². The number of carbonyl (C=O) groups is 8. The number of benzene rings is 4. The summed E-state index contributed by atoms with van der Waals surface area (Å²) in [7, 11) is 2.74. The molecule has 0 fully saturated rings. The second-order valence-electron chi connectivity index (χ2n) is 19.9. The predicted molar refractivity (Wildman–Crippen MR) is 311 cm³/mol. The Hall–Kier alpha value is -8.20. The first-order valence-corrected chi connectivity index (χ1v) is 27.9. The van der Waals surface area contributed by atoms with E-state index in [1.807, 2.05) is 19.6 Å². The van der Waals surface area contributed by atoms with Crippen molar-refractivity contribution in [3.8, 4) is 23.0 Å². The summed E-state index contributed by atoms with van der Waals surface area (Å²) in [5.74, 6) is -4.83. The molecule has 0 saturated heterocycles. The zero-order valence-corrected chi connectivity index (χ0v) is 47.3. The van der Waals surface area contributed by atoms with E-state index in [0.717, 1.165) is 0 Å². The number of hydrogen-bond donors (Lipinski definition) is 11. The van der Waals surface area contributed by atoms with Crippen LogP contribution in [-0.2, 0) is 0 Å². The van der Waals surface area contributed by atoms with Gasteiger partial charge in [-0.25, -0.2) is 0 Å². The number of unbranched alkanes of at least 4 members (excludes halogenated alkanes) is 1. The molecule has 8 bridgehead atoms. The number of fused-ring (bicyclic) bond motifs is 24. The number of nitrogens with zero attached hydrogens (tertiary/aromatic N) is 4. The van der Waals surface area contributed by atoms with Crippen molar-refractivity contribution < 1.29 is 58.0 Å². The molecule has 3 atom stereocenters. The fourth-order valence-electron chi connectivity index (χ4n) is 9.89. The van der Waals surface area contributed by atoms with Gasteiger partial charge in [-0.05, 0) is 67.9 Å². The molecule has 448 valence electrons. The average molecular weight is 1150 g/mol. The van der Waals surface area contributed by atoms with Crippen LogP contribution in [-0.4, -0.2) is 229 Å². The standard InChI is InChI=1S/C58H79N13O12/c1-82-50-39(38-72)9-5-15-45(50)55(78)64-23-30-70-31-24-66-57(80)47-17-8-16-46(51(47)83-2)56(79)65-20-27-68(26-19-60)33-34-69-28-21-61-52(75)41-11-6-12-42(48(41)73)53(76)63-25-32-71(36-35-70)37-40(10-3-4-18-59)67-58(81)44-14-7-13-43(49(44)74)54(77)62-22-29-69/h5-9,11-17,38,40,73-74H,3-4,10,18-37,59-60H2,1-2H3,(H,61,75)(H,62,77)(H,63,76)(H,64,78)(H,65,79)(H,66,80)(H,67,81). The lowest BCUT2D eigenvalue weighted by atomic mass is 10.0. The third-order valence-electron chi connectivity index (χ3n) is 14.4. The number of carbonyl (C=O) groups excluding carboxylic acids is 8. The van der Waals surface area contributed by atoms with E-state index in [9.17, 15) is 48.6 Å². The summed E-state index contributed by atoms with van der Waals surface area (Å²) in [4.78, 5) is 117. The normalized spacial score (nSPS) is 19.2. The molecule has 25 nitrogen and oxygen atoms in total. The highest BCUT2D eigenvalue weighted by Gasteiger charge is 2.26. The molecule has 3 aliphatic heterocycles.